The topological polar surface area (TPSA) is 77.4 Å². The zero-order chi connectivity index (χ0) is 27.0. The molecule has 1 saturated heterocycles. The van der Waals surface area contributed by atoms with Crippen molar-refractivity contribution in [3.8, 4) is 11.8 Å². The van der Waals surface area contributed by atoms with E-state index in [1.54, 1.807) is 18.2 Å². The van der Waals surface area contributed by atoms with Gasteiger partial charge in [-0.05, 0) is 50.1 Å². The van der Waals surface area contributed by atoms with Crippen LogP contribution in [0.2, 0.25) is 5.02 Å². The Balaban J connectivity index is 1.36. The Labute approximate surface area is 226 Å². The lowest BCUT2D eigenvalue weighted by atomic mass is 9.49. The molecule has 1 aliphatic carbocycles. The number of nitriles is 1. The summed E-state index contributed by atoms with van der Waals surface area (Å²) in [4.78, 5) is 15.7. The molecule has 0 spiro atoms. The van der Waals surface area contributed by atoms with Gasteiger partial charge in [0.05, 0.1) is 10.6 Å². The van der Waals surface area contributed by atoms with Crippen molar-refractivity contribution < 1.29 is 9.53 Å². The summed E-state index contributed by atoms with van der Waals surface area (Å²) in [6, 6.07) is 16.2. The summed E-state index contributed by atoms with van der Waals surface area (Å²) in [5.74, 6) is 0.557. The number of carbonyl (C=O) groups is 1. The molecule has 2 aromatic carbocycles. The van der Waals surface area contributed by atoms with Gasteiger partial charge in [0, 0.05) is 60.2 Å². The van der Waals surface area contributed by atoms with Crippen LogP contribution in [0.25, 0.3) is 0 Å². The molecule has 0 bridgehead atoms. The predicted octanol–water partition coefficient (Wildman–Crippen LogP) is 5.05. The molecule has 6 nitrogen and oxygen atoms in total. The van der Waals surface area contributed by atoms with E-state index in [9.17, 15) is 4.79 Å². The van der Waals surface area contributed by atoms with E-state index in [0.717, 1.165) is 26.1 Å². The average Bonchev–Trinajstić information content (AvgIpc) is 2.85. The molecule has 1 amide bonds. The van der Waals surface area contributed by atoms with Gasteiger partial charge in [-0.15, -0.1) is 0 Å². The summed E-state index contributed by atoms with van der Waals surface area (Å²) < 4.78 is 6.33. The second-order valence-corrected chi connectivity index (χ2v) is 12.2. The number of hydrogen-bond acceptors (Lipinski definition) is 5. The van der Waals surface area contributed by atoms with Gasteiger partial charge in [-0.25, -0.2) is 0 Å². The number of halogens is 1. The number of hydrogen-bond donors (Lipinski definition) is 2. The first-order valence-corrected chi connectivity index (χ1v) is 13.6. The van der Waals surface area contributed by atoms with Gasteiger partial charge in [-0.2, -0.15) is 5.26 Å². The molecule has 7 heteroatoms. The summed E-state index contributed by atoms with van der Waals surface area (Å²) in [6.07, 6.45) is 0.837. The highest BCUT2D eigenvalue weighted by Gasteiger charge is 2.64. The van der Waals surface area contributed by atoms with Gasteiger partial charge in [-0.1, -0.05) is 51.4 Å². The van der Waals surface area contributed by atoms with Crippen LogP contribution in [0.3, 0.4) is 0 Å². The Morgan fingerprint density at radius 3 is 2.30 bits per heavy atom. The van der Waals surface area contributed by atoms with Crippen molar-refractivity contribution >= 4 is 17.5 Å². The average molecular weight is 523 g/mol. The normalized spacial score (nSPS) is 26.5. The first kappa shape index (κ1) is 27.4. The molecule has 198 valence electrons. The van der Waals surface area contributed by atoms with E-state index in [-0.39, 0.29) is 28.9 Å². The maximum atomic E-state index is 13.2. The highest BCUT2D eigenvalue weighted by Crippen LogP contribution is 2.55. The van der Waals surface area contributed by atoms with Crippen molar-refractivity contribution in [3.05, 3.63) is 64.2 Å². The van der Waals surface area contributed by atoms with Crippen LogP contribution >= 0.6 is 11.6 Å². The molecule has 0 aromatic heterocycles. The van der Waals surface area contributed by atoms with Crippen LogP contribution in [0.15, 0.2) is 42.5 Å². The number of amides is 1. The van der Waals surface area contributed by atoms with Crippen molar-refractivity contribution in [2.45, 2.75) is 72.2 Å². The van der Waals surface area contributed by atoms with Crippen LogP contribution in [0.5, 0.6) is 5.75 Å². The van der Waals surface area contributed by atoms with Gasteiger partial charge < -0.3 is 15.4 Å². The Kier molecular flexibility index (Phi) is 7.90. The van der Waals surface area contributed by atoms with Gasteiger partial charge in [0.1, 0.15) is 17.9 Å². The van der Waals surface area contributed by atoms with Crippen LogP contribution in [0.4, 0.5) is 0 Å². The molecule has 1 aliphatic heterocycles. The maximum Gasteiger partial charge on any atom is 0.251 e. The Bertz CT molecular complexity index is 1150. The SMILES string of the molecule is C[C@@H]1CNC[C@H](C)N1CCc1ccc(C(=O)N[C@H]2C(C)(C)[C@H](Oc3ccc(C#N)c(Cl)c3)C2(C)C)cc1. The summed E-state index contributed by atoms with van der Waals surface area (Å²) in [6.45, 7) is 16.1. The Morgan fingerprint density at radius 1 is 1.11 bits per heavy atom. The number of piperazine rings is 1. The molecule has 2 aliphatic rings. The van der Waals surface area contributed by atoms with E-state index >= 15 is 0 Å². The zero-order valence-corrected chi connectivity index (χ0v) is 23.5. The minimum absolute atomic E-state index is 0.0677. The fourth-order valence-electron chi connectivity index (χ4n) is 6.50. The van der Waals surface area contributed by atoms with Crippen LogP contribution in [0, 0.1) is 22.2 Å². The molecule has 2 atom stereocenters. The Hall–Kier alpha value is -2.59. The minimum Gasteiger partial charge on any atom is -0.489 e. The lowest BCUT2D eigenvalue weighted by Gasteiger charge is -2.63. The van der Waals surface area contributed by atoms with Crippen molar-refractivity contribution in [1.29, 1.82) is 5.26 Å². The second kappa shape index (κ2) is 10.6. The first-order valence-electron chi connectivity index (χ1n) is 13.2. The molecule has 0 unspecified atom stereocenters. The molecule has 2 N–H and O–H groups in total. The fraction of sp³-hybridized carbons (Fsp3) is 0.533. The molecule has 2 fully saturated rings. The molecular formula is C30H39ClN4O2. The van der Waals surface area contributed by atoms with Gasteiger partial charge >= 0.3 is 0 Å². The van der Waals surface area contributed by atoms with Crippen molar-refractivity contribution in [1.82, 2.24) is 15.5 Å². The van der Waals surface area contributed by atoms with Gasteiger partial charge in [0.15, 0.2) is 0 Å². The predicted molar refractivity (Wildman–Crippen MR) is 148 cm³/mol. The van der Waals surface area contributed by atoms with E-state index in [2.05, 4.69) is 75.3 Å². The molecule has 0 radical (unpaired) electrons. The highest BCUT2D eigenvalue weighted by molar-refractivity contribution is 6.31. The number of nitrogens with one attached hydrogen (secondary N) is 2. The minimum atomic E-state index is -0.295. The van der Waals surface area contributed by atoms with E-state index in [1.807, 2.05) is 12.1 Å². The number of carbonyl (C=O) groups excluding carboxylic acids is 1. The number of rotatable bonds is 7. The molecule has 4 rings (SSSR count). The summed E-state index contributed by atoms with van der Waals surface area (Å²) in [5, 5.41) is 16.2. The van der Waals surface area contributed by atoms with Crippen molar-refractivity contribution in [3.63, 3.8) is 0 Å². The Morgan fingerprint density at radius 2 is 1.73 bits per heavy atom. The number of benzene rings is 2. The first-order chi connectivity index (χ1) is 17.4. The van der Waals surface area contributed by atoms with E-state index in [1.165, 1.54) is 5.56 Å². The third-order valence-corrected chi connectivity index (χ3v) is 8.63. The van der Waals surface area contributed by atoms with E-state index < -0.39 is 0 Å². The van der Waals surface area contributed by atoms with E-state index in [0.29, 0.717) is 34.0 Å². The van der Waals surface area contributed by atoms with Crippen molar-refractivity contribution in [2.24, 2.45) is 10.8 Å². The summed E-state index contributed by atoms with van der Waals surface area (Å²) >= 11 is 6.20. The largest absolute Gasteiger partial charge is 0.489 e. The maximum absolute atomic E-state index is 13.2. The fourth-order valence-corrected chi connectivity index (χ4v) is 6.71. The molecular weight excluding hydrogens is 484 g/mol. The molecule has 37 heavy (non-hydrogen) atoms. The second-order valence-electron chi connectivity index (χ2n) is 11.8. The van der Waals surface area contributed by atoms with Crippen LogP contribution in [-0.2, 0) is 6.42 Å². The third kappa shape index (κ3) is 5.50. The van der Waals surface area contributed by atoms with E-state index in [4.69, 9.17) is 21.6 Å². The number of ether oxygens (including phenoxy) is 1. The van der Waals surface area contributed by atoms with Crippen LogP contribution in [0.1, 0.15) is 63.0 Å². The van der Waals surface area contributed by atoms with Gasteiger partial charge in [0.25, 0.3) is 5.91 Å². The lowest BCUT2D eigenvalue weighted by Crippen LogP contribution is -2.74. The smallest absolute Gasteiger partial charge is 0.251 e. The molecule has 2 aromatic rings. The molecule has 1 heterocycles. The van der Waals surface area contributed by atoms with Gasteiger partial charge in [0.2, 0.25) is 0 Å². The monoisotopic (exact) mass is 522 g/mol. The quantitative estimate of drug-likeness (QED) is 0.532. The summed E-state index contributed by atoms with van der Waals surface area (Å²) in [7, 11) is 0. The zero-order valence-electron chi connectivity index (χ0n) is 22.8. The van der Waals surface area contributed by atoms with Crippen molar-refractivity contribution in [2.75, 3.05) is 19.6 Å². The highest BCUT2D eigenvalue weighted by atomic mass is 35.5. The summed E-state index contributed by atoms with van der Waals surface area (Å²) in [5.41, 5.74) is 1.74. The third-order valence-electron chi connectivity index (χ3n) is 8.32. The van der Waals surface area contributed by atoms with Crippen LogP contribution < -0.4 is 15.4 Å². The van der Waals surface area contributed by atoms with Crippen LogP contribution in [-0.4, -0.2) is 54.7 Å². The lowest BCUT2D eigenvalue weighted by molar-refractivity contribution is -0.164. The molecule has 1 saturated carbocycles. The van der Waals surface area contributed by atoms with Gasteiger partial charge in [-0.3, -0.25) is 9.69 Å². The number of nitrogens with zero attached hydrogens (tertiary/aromatic N) is 2. The standard InChI is InChI=1S/C30H39ClN4O2/c1-19-17-33-18-20(2)35(19)14-13-21-7-9-22(10-8-21)26(36)34-27-29(3,4)28(30(27,5)6)37-24-12-11-23(16-32)25(31)15-24/h7-12,15,19-20,27-28,33H,13-14,17-18H2,1-6H3,(H,34,36)/t19-,20+,27-,28-.